The van der Waals surface area contributed by atoms with Crippen LogP contribution in [0.1, 0.15) is 20.8 Å². The molecule has 2 heterocycles. The van der Waals surface area contributed by atoms with Gasteiger partial charge in [0.25, 0.3) is 0 Å². The van der Waals surface area contributed by atoms with Crippen molar-refractivity contribution in [2.45, 2.75) is 31.3 Å². The number of carbonyl (C=O) groups excluding carboxylic acids is 1. The summed E-state index contributed by atoms with van der Waals surface area (Å²) in [4.78, 5) is 22.5. The summed E-state index contributed by atoms with van der Waals surface area (Å²) >= 11 is 1.43. The summed E-state index contributed by atoms with van der Waals surface area (Å²) < 4.78 is 5.33. The number of morpholine rings is 1. The number of nitrogens with zero attached hydrogens (tertiary/aromatic N) is 3. The van der Waals surface area contributed by atoms with Gasteiger partial charge in [-0.2, -0.15) is 0 Å². The predicted molar refractivity (Wildman–Crippen MR) is 83.7 cm³/mol. The van der Waals surface area contributed by atoms with E-state index in [0.29, 0.717) is 5.75 Å². The number of anilines is 1. The van der Waals surface area contributed by atoms with E-state index >= 15 is 0 Å². The molecule has 0 bridgehead atoms. The van der Waals surface area contributed by atoms with Crippen LogP contribution in [0.4, 0.5) is 5.82 Å². The first-order chi connectivity index (χ1) is 9.94. The van der Waals surface area contributed by atoms with Crippen LogP contribution in [0.25, 0.3) is 0 Å². The number of aromatic nitrogens is 2. The van der Waals surface area contributed by atoms with Gasteiger partial charge in [-0.25, -0.2) is 9.97 Å². The molecule has 1 aromatic rings. The largest absolute Gasteiger partial charge is 0.378 e. The quantitative estimate of drug-likeness (QED) is 0.668. The molecule has 1 saturated heterocycles. The van der Waals surface area contributed by atoms with Crippen LogP contribution in [0.15, 0.2) is 17.4 Å². The minimum Gasteiger partial charge on any atom is -0.378 e. The Morgan fingerprint density at radius 3 is 2.76 bits per heavy atom. The lowest BCUT2D eigenvalue weighted by Gasteiger charge is -2.27. The predicted octanol–water partition coefficient (Wildman–Crippen LogP) is 1.32. The fourth-order valence-corrected chi connectivity index (χ4v) is 2.63. The Hall–Kier alpha value is -1.34. The van der Waals surface area contributed by atoms with Crippen molar-refractivity contribution < 1.29 is 9.53 Å². The summed E-state index contributed by atoms with van der Waals surface area (Å²) in [5, 5.41) is 3.75. The molecule has 7 heteroatoms. The Morgan fingerprint density at radius 1 is 1.38 bits per heavy atom. The number of carbonyl (C=O) groups is 1. The standard InChI is InChI=1S/C14H22N4O2S/c1-14(2,3)17-12(19)9-21-13-8-11(15-10-16-13)18-4-6-20-7-5-18/h8,10H,4-7,9H2,1-3H3,(H,17,19). The average molecular weight is 310 g/mol. The molecule has 1 aliphatic heterocycles. The van der Waals surface area contributed by atoms with E-state index in [1.54, 1.807) is 6.33 Å². The molecular formula is C14H22N4O2S. The van der Waals surface area contributed by atoms with Gasteiger partial charge in [0.15, 0.2) is 0 Å². The second-order valence-electron chi connectivity index (χ2n) is 5.90. The lowest BCUT2D eigenvalue weighted by Crippen LogP contribution is -2.41. The van der Waals surface area contributed by atoms with Gasteiger partial charge < -0.3 is 15.0 Å². The summed E-state index contributed by atoms with van der Waals surface area (Å²) in [6, 6.07) is 1.93. The summed E-state index contributed by atoms with van der Waals surface area (Å²) in [5.41, 5.74) is -0.206. The third-order valence-corrected chi connectivity index (χ3v) is 3.75. The molecule has 1 aliphatic rings. The van der Waals surface area contributed by atoms with Crippen molar-refractivity contribution >= 4 is 23.5 Å². The van der Waals surface area contributed by atoms with Crippen molar-refractivity contribution in [2.24, 2.45) is 0 Å². The van der Waals surface area contributed by atoms with E-state index in [2.05, 4.69) is 20.2 Å². The van der Waals surface area contributed by atoms with E-state index in [-0.39, 0.29) is 11.4 Å². The second-order valence-corrected chi connectivity index (χ2v) is 6.90. The molecule has 0 unspecified atom stereocenters. The first-order valence-corrected chi connectivity index (χ1v) is 8.01. The summed E-state index contributed by atoms with van der Waals surface area (Å²) in [7, 11) is 0. The van der Waals surface area contributed by atoms with E-state index in [0.717, 1.165) is 37.1 Å². The van der Waals surface area contributed by atoms with Crippen LogP contribution in [0, 0.1) is 0 Å². The van der Waals surface area contributed by atoms with E-state index < -0.39 is 0 Å². The first kappa shape index (κ1) is 16.0. The SMILES string of the molecule is CC(C)(C)NC(=O)CSc1cc(N2CCOCC2)ncn1. The molecule has 1 fully saturated rings. The lowest BCUT2D eigenvalue weighted by molar-refractivity contribution is -0.119. The molecule has 1 N–H and O–H groups in total. The molecule has 116 valence electrons. The fraction of sp³-hybridized carbons (Fsp3) is 0.643. The zero-order chi connectivity index (χ0) is 15.3. The van der Waals surface area contributed by atoms with Gasteiger partial charge in [0.2, 0.25) is 5.91 Å². The minimum absolute atomic E-state index is 0.0130. The minimum atomic E-state index is -0.206. The molecule has 2 rings (SSSR count). The van der Waals surface area contributed by atoms with Crippen LogP contribution in [-0.2, 0) is 9.53 Å². The van der Waals surface area contributed by atoms with Gasteiger partial charge in [-0.1, -0.05) is 11.8 Å². The highest BCUT2D eigenvalue weighted by Gasteiger charge is 2.15. The summed E-state index contributed by atoms with van der Waals surface area (Å²) in [6.45, 7) is 9.03. The van der Waals surface area contributed by atoms with Crippen molar-refractivity contribution in [2.75, 3.05) is 37.0 Å². The molecule has 0 spiro atoms. The van der Waals surface area contributed by atoms with Crippen molar-refractivity contribution in [1.29, 1.82) is 0 Å². The zero-order valence-electron chi connectivity index (χ0n) is 12.8. The van der Waals surface area contributed by atoms with Crippen LogP contribution in [0.5, 0.6) is 0 Å². The molecule has 0 radical (unpaired) electrons. The van der Waals surface area contributed by atoms with Crippen molar-refractivity contribution in [3.63, 3.8) is 0 Å². The van der Waals surface area contributed by atoms with Crippen molar-refractivity contribution in [3.8, 4) is 0 Å². The van der Waals surface area contributed by atoms with Crippen molar-refractivity contribution in [1.82, 2.24) is 15.3 Å². The third-order valence-electron chi connectivity index (χ3n) is 2.83. The van der Waals surface area contributed by atoms with E-state index in [1.165, 1.54) is 11.8 Å². The number of nitrogens with one attached hydrogen (secondary N) is 1. The summed E-state index contributed by atoms with van der Waals surface area (Å²) in [6.07, 6.45) is 1.55. The Labute approximate surface area is 129 Å². The van der Waals surface area contributed by atoms with Crippen molar-refractivity contribution in [3.05, 3.63) is 12.4 Å². The molecule has 1 aromatic heterocycles. The van der Waals surface area contributed by atoms with Gasteiger partial charge in [-0.3, -0.25) is 4.79 Å². The number of hydrogen-bond donors (Lipinski definition) is 1. The lowest BCUT2D eigenvalue weighted by atomic mass is 10.1. The fourth-order valence-electron chi connectivity index (χ4n) is 1.97. The Morgan fingerprint density at radius 2 is 2.10 bits per heavy atom. The van der Waals surface area contributed by atoms with E-state index in [4.69, 9.17) is 4.74 Å². The Balaban J connectivity index is 1.90. The molecule has 0 aliphatic carbocycles. The maximum absolute atomic E-state index is 11.8. The van der Waals surface area contributed by atoms with Gasteiger partial charge >= 0.3 is 0 Å². The Bertz CT molecular complexity index is 484. The highest BCUT2D eigenvalue weighted by Crippen LogP contribution is 2.20. The molecule has 0 saturated carbocycles. The third kappa shape index (κ3) is 5.51. The van der Waals surface area contributed by atoms with Crippen LogP contribution in [-0.4, -0.2) is 53.5 Å². The maximum atomic E-state index is 11.8. The average Bonchev–Trinajstić information content (AvgIpc) is 2.45. The summed E-state index contributed by atoms with van der Waals surface area (Å²) in [5.74, 6) is 1.27. The number of ether oxygens (including phenoxy) is 1. The second kappa shape index (κ2) is 7.09. The first-order valence-electron chi connectivity index (χ1n) is 7.02. The highest BCUT2D eigenvalue weighted by atomic mass is 32.2. The van der Waals surface area contributed by atoms with Crippen LogP contribution in [0.2, 0.25) is 0 Å². The number of rotatable bonds is 4. The molecule has 0 atom stereocenters. The molecule has 1 amide bonds. The van der Waals surface area contributed by atoms with Gasteiger partial charge in [0.05, 0.1) is 19.0 Å². The van der Waals surface area contributed by atoms with Gasteiger partial charge in [0.1, 0.15) is 17.2 Å². The van der Waals surface area contributed by atoms with E-state index in [1.807, 2.05) is 26.8 Å². The van der Waals surface area contributed by atoms with Gasteiger partial charge in [-0.05, 0) is 20.8 Å². The van der Waals surface area contributed by atoms with Gasteiger partial charge in [-0.15, -0.1) is 0 Å². The monoisotopic (exact) mass is 310 g/mol. The molecule has 0 aromatic carbocycles. The van der Waals surface area contributed by atoms with Crippen LogP contribution < -0.4 is 10.2 Å². The van der Waals surface area contributed by atoms with Gasteiger partial charge in [0, 0.05) is 24.7 Å². The van der Waals surface area contributed by atoms with Crippen LogP contribution >= 0.6 is 11.8 Å². The molecular weight excluding hydrogens is 288 g/mol. The van der Waals surface area contributed by atoms with Crippen LogP contribution in [0.3, 0.4) is 0 Å². The number of amides is 1. The highest BCUT2D eigenvalue weighted by molar-refractivity contribution is 7.99. The smallest absolute Gasteiger partial charge is 0.230 e. The molecule has 21 heavy (non-hydrogen) atoms. The topological polar surface area (TPSA) is 67.4 Å². The van der Waals surface area contributed by atoms with E-state index in [9.17, 15) is 4.79 Å². The maximum Gasteiger partial charge on any atom is 0.230 e. The number of hydrogen-bond acceptors (Lipinski definition) is 6. The molecule has 6 nitrogen and oxygen atoms in total. The normalized spacial score (nSPS) is 15.9. The zero-order valence-corrected chi connectivity index (χ0v) is 13.6. The Kier molecular flexibility index (Phi) is 5.41. The number of thioether (sulfide) groups is 1.